The zero-order chi connectivity index (χ0) is 15.4. The molecular weight excluding hydrogens is 336 g/mol. The van der Waals surface area contributed by atoms with Gasteiger partial charge in [0.25, 0.3) is 5.91 Å². The van der Waals surface area contributed by atoms with Crippen LogP contribution in [0.1, 0.15) is 23.7 Å². The smallest absolute Gasteiger partial charge is 0.251 e. The Labute approximate surface area is 133 Å². The number of methoxy groups -OCH3 is 2. The summed E-state index contributed by atoms with van der Waals surface area (Å²) in [5.74, 6) is 1.51. The summed E-state index contributed by atoms with van der Waals surface area (Å²) in [6, 6.07) is 3.57. The van der Waals surface area contributed by atoms with E-state index in [2.05, 4.69) is 33.5 Å². The van der Waals surface area contributed by atoms with Gasteiger partial charge in [0.05, 0.1) is 14.2 Å². The van der Waals surface area contributed by atoms with Gasteiger partial charge in [0.2, 0.25) is 0 Å². The lowest BCUT2D eigenvalue weighted by Gasteiger charge is -2.30. The highest BCUT2D eigenvalue weighted by Gasteiger charge is 2.24. The van der Waals surface area contributed by atoms with Crippen LogP contribution in [0.2, 0.25) is 0 Å². The molecule has 0 aromatic heterocycles. The number of amides is 1. The molecule has 1 aliphatic rings. The van der Waals surface area contributed by atoms with Gasteiger partial charge < -0.3 is 20.1 Å². The summed E-state index contributed by atoms with van der Waals surface area (Å²) in [6.45, 7) is 3.97. The maximum atomic E-state index is 12.4. The third kappa shape index (κ3) is 3.68. The summed E-state index contributed by atoms with van der Waals surface area (Å²) < 4.78 is 11.2. The van der Waals surface area contributed by atoms with Crippen molar-refractivity contribution in [3.05, 3.63) is 22.2 Å². The second kappa shape index (κ2) is 7.13. The summed E-state index contributed by atoms with van der Waals surface area (Å²) in [5, 5.41) is 6.38. The second-order valence-electron chi connectivity index (χ2n) is 5.24. The van der Waals surface area contributed by atoms with Gasteiger partial charge in [-0.3, -0.25) is 4.79 Å². The average molecular weight is 357 g/mol. The van der Waals surface area contributed by atoms with Crippen molar-refractivity contribution in [3.63, 3.8) is 0 Å². The minimum atomic E-state index is -0.111. The number of piperidine rings is 1. The Morgan fingerprint density at radius 3 is 2.48 bits per heavy atom. The van der Waals surface area contributed by atoms with E-state index in [0.717, 1.165) is 19.5 Å². The van der Waals surface area contributed by atoms with Gasteiger partial charge in [-0.2, -0.15) is 0 Å². The predicted molar refractivity (Wildman–Crippen MR) is 85.2 cm³/mol. The molecule has 1 amide bonds. The van der Waals surface area contributed by atoms with E-state index >= 15 is 0 Å². The normalized spacial score (nSPS) is 21.7. The molecule has 2 N–H and O–H groups in total. The molecule has 1 heterocycles. The van der Waals surface area contributed by atoms with Gasteiger partial charge >= 0.3 is 0 Å². The van der Waals surface area contributed by atoms with Crippen molar-refractivity contribution in [2.75, 3.05) is 27.3 Å². The first-order valence-corrected chi connectivity index (χ1v) is 7.79. The SMILES string of the molecule is COc1cc(C(=O)NC2CNCCC2C)cc(OC)c1Br. The Hall–Kier alpha value is -1.27. The summed E-state index contributed by atoms with van der Waals surface area (Å²) in [5.41, 5.74) is 0.532. The number of halogens is 1. The zero-order valence-corrected chi connectivity index (χ0v) is 14.1. The molecule has 0 spiro atoms. The molecule has 1 aromatic carbocycles. The maximum Gasteiger partial charge on any atom is 0.251 e. The second-order valence-corrected chi connectivity index (χ2v) is 6.04. The van der Waals surface area contributed by atoms with Crippen LogP contribution in [0.5, 0.6) is 11.5 Å². The molecule has 1 fully saturated rings. The highest BCUT2D eigenvalue weighted by atomic mass is 79.9. The highest BCUT2D eigenvalue weighted by molar-refractivity contribution is 9.10. The molecule has 116 valence electrons. The third-order valence-corrected chi connectivity index (χ3v) is 4.63. The fraction of sp³-hybridized carbons (Fsp3) is 0.533. The molecule has 0 saturated carbocycles. The van der Waals surface area contributed by atoms with Crippen LogP contribution >= 0.6 is 15.9 Å². The van der Waals surface area contributed by atoms with Crippen LogP contribution in [0.4, 0.5) is 0 Å². The fourth-order valence-electron chi connectivity index (χ4n) is 2.44. The molecule has 6 heteroatoms. The molecule has 21 heavy (non-hydrogen) atoms. The van der Waals surface area contributed by atoms with E-state index in [1.54, 1.807) is 26.4 Å². The van der Waals surface area contributed by atoms with E-state index in [9.17, 15) is 4.79 Å². The lowest BCUT2D eigenvalue weighted by Crippen LogP contribution is -2.50. The minimum Gasteiger partial charge on any atom is -0.495 e. The van der Waals surface area contributed by atoms with Crippen molar-refractivity contribution in [1.82, 2.24) is 10.6 Å². The molecule has 2 rings (SSSR count). The van der Waals surface area contributed by atoms with Gasteiger partial charge in [0.1, 0.15) is 16.0 Å². The number of rotatable bonds is 4. The molecule has 2 atom stereocenters. The lowest BCUT2D eigenvalue weighted by atomic mass is 9.94. The molecule has 0 bridgehead atoms. The summed E-state index contributed by atoms with van der Waals surface area (Å²) in [6.07, 6.45) is 1.07. The molecule has 1 aliphatic heterocycles. The zero-order valence-electron chi connectivity index (χ0n) is 12.5. The maximum absolute atomic E-state index is 12.4. The molecular formula is C15H21BrN2O3. The average Bonchev–Trinajstić information content (AvgIpc) is 2.49. The van der Waals surface area contributed by atoms with Gasteiger partial charge in [-0.1, -0.05) is 6.92 Å². The van der Waals surface area contributed by atoms with Gasteiger partial charge in [-0.05, 0) is 46.9 Å². The Bertz CT molecular complexity index is 497. The summed E-state index contributed by atoms with van der Waals surface area (Å²) >= 11 is 3.40. The standard InChI is InChI=1S/C15H21BrN2O3/c1-9-4-5-17-8-11(9)18-15(19)10-6-12(20-2)14(16)13(7-10)21-3/h6-7,9,11,17H,4-5,8H2,1-3H3,(H,18,19). The number of nitrogens with one attached hydrogen (secondary N) is 2. The molecule has 2 unspecified atom stereocenters. The number of hydrogen-bond acceptors (Lipinski definition) is 4. The third-order valence-electron chi connectivity index (χ3n) is 3.85. The number of carbonyl (C=O) groups is 1. The van der Waals surface area contributed by atoms with Gasteiger partial charge in [-0.15, -0.1) is 0 Å². The van der Waals surface area contributed by atoms with Crippen LogP contribution in [0.15, 0.2) is 16.6 Å². The summed E-state index contributed by atoms with van der Waals surface area (Å²) in [4.78, 5) is 12.4. The number of hydrogen-bond donors (Lipinski definition) is 2. The van der Waals surface area contributed by atoms with Crippen molar-refractivity contribution < 1.29 is 14.3 Å². The Morgan fingerprint density at radius 1 is 1.33 bits per heavy atom. The lowest BCUT2D eigenvalue weighted by molar-refractivity contribution is 0.0914. The number of carbonyl (C=O) groups excluding carboxylic acids is 1. The summed E-state index contributed by atoms with van der Waals surface area (Å²) in [7, 11) is 3.13. The largest absolute Gasteiger partial charge is 0.495 e. The van der Waals surface area contributed by atoms with Crippen molar-refractivity contribution in [2.24, 2.45) is 5.92 Å². The Kier molecular flexibility index (Phi) is 5.47. The Balaban J connectivity index is 2.18. The van der Waals surface area contributed by atoms with E-state index in [-0.39, 0.29) is 11.9 Å². The van der Waals surface area contributed by atoms with Crippen LogP contribution in [0.3, 0.4) is 0 Å². The van der Waals surface area contributed by atoms with Crippen LogP contribution in [-0.2, 0) is 0 Å². The predicted octanol–water partition coefficient (Wildman–Crippen LogP) is 2.19. The van der Waals surface area contributed by atoms with Crippen molar-refractivity contribution in [3.8, 4) is 11.5 Å². The minimum absolute atomic E-state index is 0.111. The first kappa shape index (κ1) is 16.1. The molecule has 5 nitrogen and oxygen atoms in total. The quantitative estimate of drug-likeness (QED) is 0.868. The van der Waals surface area contributed by atoms with E-state index in [1.807, 2.05) is 0 Å². The number of benzene rings is 1. The van der Waals surface area contributed by atoms with E-state index in [1.165, 1.54) is 0 Å². The topological polar surface area (TPSA) is 59.6 Å². The highest BCUT2D eigenvalue weighted by Crippen LogP contribution is 2.35. The fourth-order valence-corrected chi connectivity index (χ4v) is 2.99. The van der Waals surface area contributed by atoms with Gasteiger partial charge in [-0.25, -0.2) is 0 Å². The van der Waals surface area contributed by atoms with Crippen LogP contribution < -0.4 is 20.1 Å². The van der Waals surface area contributed by atoms with Crippen LogP contribution in [0.25, 0.3) is 0 Å². The molecule has 0 aliphatic carbocycles. The monoisotopic (exact) mass is 356 g/mol. The van der Waals surface area contributed by atoms with E-state index in [4.69, 9.17) is 9.47 Å². The van der Waals surface area contributed by atoms with Crippen molar-refractivity contribution in [1.29, 1.82) is 0 Å². The van der Waals surface area contributed by atoms with E-state index < -0.39 is 0 Å². The first-order valence-electron chi connectivity index (χ1n) is 7.00. The molecule has 1 saturated heterocycles. The van der Waals surface area contributed by atoms with Crippen LogP contribution in [0, 0.1) is 5.92 Å². The van der Waals surface area contributed by atoms with Crippen molar-refractivity contribution in [2.45, 2.75) is 19.4 Å². The number of ether oxygens (including phenoxy) is 2. The van der Waals surface area contributed by atoms with Crippen LogP contribution in [-0.4, -0.2) is 39.3 Å². The van der Waals surface area contributed by atoms with Gasteiger partial charge in [0, 0.05) is 18.2 Å². The Morgan fingerprint density at radius 2 is 1.95 bits per heavy atom. The molecule has 1 aromatic rings. The first-order chi connectivity index (χ1) is 10.1. The van der Waals surface area contributed by atoms with Crippen molar-refractivity contribution >= 4 is 21.8 Å². The van der Waals surface area contributed by atoms with Gasteiger partial charge in [0.15, 0.2) is 0 Å². The van der Waals surface area contributed by atoms with E-state index in [0.29, 0.717) is 27.5 Å². The molecule has 0 radical (unpaired) electrons.